The van der Waals surface area contributed by atoms with Crippen LogP contribution < -0.4 is 5.32 Å². The number of anilines is 1. The van der Waals surface area contributed by atoms with E-state index in [4.69, 9.17) is 4.74 Å². The standard InChI is InChI=1S/C18H23N3O5S/c1-12-17(13(2)21(4)20-12)19-18(23)14(3)26-16(22)10-11-27(24,25)15-8-6-5-7-9-15/h5-9,14H,10-11H2,1-4H3,(H,19,23)/t14-/m0/s1. The molecule has 0 radical (unpaired) electrons. The first-order chi connectivity index (χ1) is 12.6. The highest BCUT2D eigenvalue weighted by atomic mass is 32.2. The minimum absolute atomic E-state index is 0.145. The van der Waals surface area contributed by atoms with Gasteiger partial charge in [-0.05, 0) is 32.9 Å². The van der Waals surface area contributed by atoms with Crippen molar-refractivity contribution in [3.63, 3.8) is 0 Å². The molecular weight excluding hydrogens is 370 g/mol. The van der Waals surface area contributed by atoms with Gasteiger partial charge in [0.25, 0.3) is 5.91 Å². The van der Waals surface area contributed by atoms with Gasteiger partial charge in [-0.3, -0.25) is 14.3 Å². The van der Waals surface area contributed by atoms with E-state index in [0.29, 0.717) is 11.4 Å². The summed E-state index contributed by atoms with van der Waals surface area (Å²) in [5.41, 5.74) is 1.99. The smallest absolute Gasteiger partial charge is 0.307 e. The Bertz CT molecular complexity index is 935. The number of esters is 1. The molecule has 0 bridgehead atoms. The molecule has 0 unspecified atom stereocenters. The third-order valence-corrected chi connectivity index (χ3v) is 5.84. The lowest BCUT2D eigenvalue weighted by atomic mass is 10.3. The number of carbonyl (C=O) groups excluding carboxylic acids is 2. The van der Waals surface area contributed by atoms with Crippen molar-refractivity contribution in [1.82, 2.24) is 9.78 Å². The summed E-state index contributed by atoms with van der Waals surface area (Å²) in [5.74, 6) is -1.64. The van der Waals surface area contributed by atoms with Gasteiger partial charge in [0, 0.05) is 7.05 Å². The summed E-state index contributed by atoms with van der Waals surface area (Å²) in [5, 5.41) is 6.88. The van der Waals surface area contributed by atoms with Gasteiger partial charge in [0.15, 0.2) is 15.9 Å². The SMILES string of the molecule is Cc1nn(C)c(C)c1NC(=O)[C@H](C)OC(=O)CCS(=O)(=O)c1ccccc1. The third-order valence-electron chi connectivity index (χ3n) is 4.11. The van der Waals surface area contributed by atoms with Gasteiger partial charge in [-0.2, -0.15) is 5.10 Å². The minimum atomic E-state index is -3.58. The number of nitrogens with one attached hydrogen (secondary N) is 1. The fraction of sp³-hybridized carbons (Fsp3) is 0.389. The van der Waals surface area contributed by atoms with Crippen molar-refractivity contribution in [2.45, 2.75) is 38.2 Å². The van der Waals surface area contributed by atoms with Crippen LogP contribution in [-0.2, 0) is 31.2 Å². The Morgan fingerprint density at radius 2 is 1.85 bits per heavy atom. The lowest BCUT2D eigenvalue weighted by Gasteiger charge is -2.14. The Hall–Kier alpha value is -2.68. The zero-order valence-corrected chi connectivity index (χ0v) is 16.5. The maximum absolute atomic E-state index is 12.2. The van der Waals surface area contributed by atoms with Crippen molar-refractivity contribution in [2.75, 3.05) is 11.1 Å². The first-order valence-electron chi connectivity index (χ1n) is 8.40. The molecule has 27 heavy (non-hydrogen) atoms. The van der Waals surface area contributed by atoms with Gasteiger partial charge < -0.3 is 10.1 Å². The highest BCUT2D eigenvalue weighted by Crippen LogP contribution is 2.19. The highest BCUT2D eigenvalue weighted by molar-refractivity contribution is 7.91. The number of ether oxygens (including phenoxy) is 1. The molecule has 2 aromatic rings. The molecule has 1 aromatic heterocycles. The first-order valence-corrected chi connectivity index (χ1v) is 10.1. The number of amides is 1. The number of aromatic nitrogens is 2. The predicted octanol–water partition coefficient (Wildman–Crippen LogP) is 1.77. The van der Waals surface area contributed by atoms with Crippen molar-refractivity contribution >= 4 is 27.4 Å². The Morgan fingerprint density at radius 1 is 1.22 bits per heavy atom. The van der Waals surface area contributed by atoms with Crippen LogP contribution in [0.15, 0.2) is 35.2 Å². The number of hydrogen-bond acceptors (Lipinski definition) is 6. The number of carbonyl (C=O) groups is 2. The summed E-state index contributed by atoms with van der Waals surface area (Å²) in [7, 11) is -1.82. The second kappa shape index (κ2) is 8.34. The first kappa shape index (κ1) is 20.6. The van der Waals surface area contributed by atoms with Crippen LogP contribution in [0.4, 0.5) is 5.69 Å². The van der Waals surface area contributed by atoms with Crippen LogP contribution in [0.1, 0.15) is 24.7 Å². The van der Waals surface area contributed by atoms with Gasteiger partial charge in [-0.1, -0.05) is 18.2 Å². The molecule has 0 fully saturated rings. The zero-order chi connectivity index (χ0) is 20.2. The van der Waals surface area contributed by atoms with E-state index in [1.54, 1.807) is 43.8 Å². The second-order valence-corrected chi connectivity index (χ2v) is 8.28. The maximum atomic E-state index is 12.2. The van der Waals surface area contributed by atoms with Gasteiger partial charge in [-0.15, -0.1) is 0 Å². The normalized spacial score (nSPS) is 12.4. The Balaban J connectivity index is 1.90. The number of rotatable bonds is 7. The number of aryl methyl sites for hydroxylation is 2. The van der Waals surface area contributed by atoms with Gasteiger partial charge in [0.1, 0.15) is 0 Å². The zero-order valence-electron chi connectivity index (χ0n) is 15.7. The van der Waals surface area contributed by atoms with Crippen molar-refractivity contribution in [3.8, 4) is 0 Å². The molecule has 0 aliphatic heterocycles. The summed E-state index contributed by atoms with van der Waals surface area (Å²) in [4.78, 5) is 24.3. The second-order valence-electron chi connectivity index (χ2n) is 6.17. The molecule has 1 heterocycles. The fourth-order valence-electron chi connectivity index (χ4n) is 2.45. The number of benzene rings is 1. The summed E-state index contributed by atoms with van der Waals surface area (Å²) in [6, 6.07) is 7.87. The minimum Gasteiger partial charge on any atom is -0.453 e. The molecule has 1 N–H and O–H groups in total. The van der Waals surface area contributed by atoms with E-state index in [0.717, 1.165) is 5.69 Å². The van der Waals surface area contributed by atoms with Gasteiger partial charge >= 0.3 is 5.97 Å². The predicted molar refractivity (Wildman–Crippen MR) is 100.0 cm³/mol. The molecule has 0 aliphatic rings. The molecular formula is C18H23N3O5S. The van der Waals surface area contributed by atoms with Crippen LogP contribution >= 0.6 is 0 Å². The van der Waals surface area contributed by atoms with E-state index in [2.05, 4.69) is 10.4 Å². The molecule has 0 spiro atoms. The van der Waals surface area contributed by atoms with E-state index in [9.17, 15) is 18.0 Å². The Kier molecular flexibility index (Phi) is 6.37. The average molecular weight is 393 g/mol. The maximum Gasteiger partial charge on any atom is 0.307 e. The van der Waals surface area contributed by atoms with E-state index < -0.39 is 27.8 Å². The lowest BCUT2D eigenvalue weighted by Crippen LogP contribution is -2.30. The molecule has 146 valence electrons. The Labute approximate surface area is 158 Å². The highest BCUT2D eigenvalue weighted by Gasteiger charge is 2.22. The molecule has 1 aromatic carbocycles. The van der Waals surface area contributed by atoms with Crippen molar-refractivity contribution in [1.29, 1.82) is 0 Å². The summed E-state index contributed by atoms with van der Waals surface area (Å²) < 4.78 is 31.1. The van der Waals surface area contributed by atoms with Gasteiger partial charge in [-0.25, -0.2) is 8.42 Å². The molecule has 8 nitrogen and oxygen atoms in total. The van der Waals surface area contributed by atoms with E-state index in [1.807, 2.05) is 0 Å². The number of nitrogens with zero attached hydrogens (tertiary/aromatic N) is 2. The third kappa shape index (κ3) is 5.16. The molecule has 0 saturated heterocycles. The number of sulfone groups is 1. The van der Waals surface area contributed by atoms with Crippen LogP contribution in [0.5, 0.6) is 0 Å². The van der Waals surface area contributed by atoms with Crippen molar-refractivity contribution < 1.29 is 22.7 Å². The lowest BCUT2D eigenvalue weighted by molar-refractivity contribution is -0.152. The Morgan fingerprint density at radius 3 is 2.41 bits per heavy atom. The van der Waals surface area contributed by atoms with Gasteiger partial charge in [0.05, 0.1) is 34.1 Å². The molecule has 1 atom stereocenters. The largest absolute Gasteiger partial charge is 0.453 e. The van der Waals surface area contributed by atoms with Crippen molar-refractivity contribution in [3.05, 3.63) is 41.7 Å². The molecule has 1 amide bonds. The summed E-state index contributed by atoms with van der Waals surface area (Å²) >= 11 is 0. The van der Waals surface area contributed by atoms with E-state index in [1.165, 1.54) is 19.1 Å². The molecule has 2 rings (SSSR count). The van der Waals surface area contributed by atoms with Crippen LogP contribution in [0, 0.1) is 13.8 Å². The van der Waals surface area contributed by atoms with Crippen molar-refractivity contribution in [2.24, 2.45) is 7.05 Å². The molecule has 9 heteroatoms. The number of hydrogen-bond donors (Lipinski definition) is 1. The van der Waals surface area contributed by atoms with E-state index in [-0.39, 0.29) is 17.1 Å². The summed E-state index contributed by atoms with van der Waals surface area (Å²) in [6.45, 7) is 4.99. The molecule has 0 saturated carbocycles. The van der Waals surface area contributed by atoms with E-state index >= 15 is 0 Å². The monoisotopic (exact) mass is 393 g/mol. The molecule has 0 aliphatic carbocycles. The quantitative estimate of drug-likeness (QED) is 0.719. The average Bonchev–Trinajstić information content (AvgIpc) is 2.87. The topological polar surface area (TPSA) is 107 Å². The van der Waals surface area contributed by atoms with Crippen LogP contribution in [-0.4, -0.2) is 41.9 Å². The van der Waals surface area contributed by atoms with Crippen LogP contribution in [0.25, 0.3) is 0 Å². The summed E-state index contributed by atoms with van der Waals surface area (Å²) in [6.07, 6.45) is -1.39. The fourth-order valence-corrected chi connectivity index (χ4v) is 3.70. The van der Waals surface area contributed by atoms with Crippen LogP contribution in [0.2, 0.25) is 0 Å². The van der Waals surface area contributed by atoms with Crippen LogP contribution in [0.3, 0.4) is 0 Å². The van der Waals surface area contributed by atoms with Gasteiger partial charge in [0.2, 0.25) is 0 Å².